The van der Waals surface area contributed by atoms with Crippen molar-refractivity contribution in [1.82, 2.24) is 5.32 Å². The summed E-state index contributed by atoms with van der Waals surface area (Å²) in [4.78, 5) is 12.5. The van der Waals surface area contributed by atoms with Crippen molar-refractivity contribution >= 4 is 22.4 Å². The smallest absolute Gasteiger partial charge is 0.233 e. The Balaban J connectivity index is 1.86. The Hall–Kier alpha value is -1.36. The molecule has 0 aromatic heterocycles. The van der Waals surface area contributed by atoms with E-state index in [0.717, 1.165) is 12.8 Å². The van der Waals surface area contributed by atoms with Crippen molar-refractivity contribution in [2.24, 2.45) is 0 Å². The van der Waals surface area contributed by atoms with Crippen LogP contribution in [0.2, 0.25) is 0 Å². The monoisotopic (exact) mass is 280 g/mol. The van der Waals surface area contributed by atoms with E-state index in [9.17, 15) is 9.00 Å². The largest absolute Gasteiger partial charge is 0.399 e. The van der Waals surface area contributed by atoms with E-state index in [2.05, 4.69) is 5.32 Å². The summed E-state index contributed by atoms with van der Waals surface area (Å²) in [5, 5.41) is 2.97. The van der Waals surface area contributed by atoms with E-state index in [0.29, 0.717) is 10.6 Å². The lowest BCUT2D eigenvalue weighted by atomic mass is 9.95. The van der Waals surface area contributed by atoms with Crippen molar-refractivity contribution in [3.8, 4) is 0 Å². The molecule has 1 unspecified atom stereocenters. The van der Waals surface area contributed by atoms with Gasteiger partial charge in [-0.3, -0.25) is 9.00 Å². The van der Waals surface area contributed by atoms with Gasteiger partial charge < -0.3 is 11.1 Å². The fourth-order valence-corrected chi connectivity index (χ4v) is 3.36. The minimum Gasteiger partial charge on any atom is -0.399 e. The standard InChI is InChI=1S/C14H20N2O2S/c15-11-5-4-8-13(9-11)19(18)10-14(17)16-12-6-2-1-3-7-12/h4-5,8-9,12H,1-3,6-7,10,15H2,(H,16,17). The van der Waals surface area contributed by atoms with E-state index < -0.39 is 10.8 Å². The molecule has 4 nitrogen and oxygen atoms in total. The summed E-state index contributed by atoms with van der Waals surface area (Å²) < 4.78 is 12.0. The third-order valence-electron chi connectivity index (χ3n) is 3.35. The average Bonchev–Trinajstić information content (AvgIpc) is 2.39. The zero-order chi connectivity index (χ0) is 13.7. The number of nitrogen functional groups attached to an aromatic ring is 1. The highest BCUT2D eigenvalue weighted by Crippen LogP contribution is 2.17. The highest BCUT2D eigenvalue weighted by Gasteiger charge is 2.17. The molecule has 1 aromatic rings. The Morgan fingerprint density at radius 3 is 2.74 bits per heavy atom. The van der Waals surface area contributed by atoms with Gasteiger partial charge >= 0.3 is 0 Å². The zero-order valence-corrected chi connectivity index (χ0v) is 11.7. The van der Waals surface area contributed by atoms with Crippen LogP contribution in [0.5, 0.6) is 0 Å². The van der Waals surface area contributed by atoms with Gasteiger partial charge in [-0.15, -0.1) is 0 Å². The second-order valence-corrected chi connectivity index (χ2v) is 6.42. The van der Waals surface area contributed by atoms with Crippen molar-refractivity contribution in [3.05, 3.63) is 24.3 Å². The van der Waals surface area contributed by atoms with Gasteiger partial charge in [-0.05, 0) is 31.0 Å². The molecule has 1 aliphatic carbocycles. The fraction of sp³-hybridized carbons (Fsp3) is 0.500. The predicted molar refractivity (Wildman–Crippen MR) is 77.1 cm³/mol. The number of anilines is 1. The van der Waals surface area contributed by atoms with Crippen LogP contribution in [0.25, 0.3) is 0 Å². The number of nitrogens with one attached hydrogen (secondary N) is 1. The van der Waals surface area contributed by atoms with Crippen LogP contribution >= 0.6 is 0 Å². The average molecular weight is 280 g/mol. The summed E-state index contributed by atoms with van der Waals surface area (Å²) in [5.41, 5.74) is 6.21. The summed E-state index contributed by atoms with van der Waals surface area (Å²) in [6, 6.07) is 7.15. The van der Waals surface area contributed by atoms with Gasteiger partial charge in [0.15, 0.2) is 0 Å². The lowest BCUT2D eigenvalue weighted by molar-refractivity contribution is -0.119. The number of carbonyl (C=O) groups excluding carboxylic acids is 1. The van der Waals surface area contributed by atoms with Gasteiger partial charge in [-0.25, -0.2) is 0 Å². The first-order chi connectivity index (χ1) is 9.15. The minimum absolute atomic E-state index is 0.0138. The molecule has 5 heteroatoms. The van der Waals surface area contributed by atoms with Crippen molar-refractivity contribution in [2.45, 2.75) is 43.0 Å². The number of carbonyl (C=O) groups is 1. The first-order valence-corrected chi connectivity index (χ1v) is 8.00. The van der Waals surface area contributed by atoms with Crippen molar-refractivity contribution in [3.63, 3.8) is 0 Å². The van der Waals surface area contributed by atoms with E-state index in [1.807, 2.05) is 0 Å². The molecule has 1 fully saturated rings. The fourth-order valence-electron chi connectivity index (χ4n) is 2.37. The lowest BCUT2D eigenvalue weighted by Crippen LogP contribution is -2.38. The molecule has 3 N–H and O–H groups in total. The SMILES string of the molecule is Nc1cccc(S(=O)CC(=O)NC2CCCCC2)c1. The summed E-state index contributed by atoms with van der Waals surface area (Å²) in [5.74, 6) is -0.118. The molecule has 0 bridgehead atoms. The quantitative estimate of drug-likeness (QED) is 0.826. The Kier molecular flexibility index (Phi) is 4.96. The Bertz CT molecular complexity index is 470. The number of benzene rings is 1. The molecular formula is C14H20N2O2S. The van der Waals surface area contributed by atoms with Crippen LogP contribution in [0.15, 0.2) is 29.2 Å². The molecular weight excluding hydrogens is 260 g/mol. The van der Waals surface area contributed by atoms with Crippen LogP contribution in [0.4, 0.5) is 5.69 Å². The molecule has 104 valence electrons. The van der Waals surface area contributed by atoms with Crippen LogP contribution in [0.1, 0.15) is 32.1 Å². The molecule has 1 aliphatic rings. The van der Waals surface area contributed by atoms with Crippen molar-refractivity contribution < 1.29 is 9.00 Å². The normalized spacial score (nSPS) is 17.9. The molecule has 0 radical (unpaired) electrons. The maximum Gasteiger partial charge on any atom is 0.233 e. The van der Waals surface area contributed by atoms with E-state index >= 15 is 0 Å². The predicted octanol–water partition coefficient (Wildman–Crippen LogP) is 1.83. The van der Waals surface area contributed by atoms with Gasteiger partial charge in [-0.2, -0.15) is 0 Å². The minimum atomic E-state index is -1.32. The van der Waals surface area contributed by atoms with Crippen LogP contribution in [0.3, 0.4) is 0 Å². The number of nitrogens with two attached hydrogens (primary N) is 1. The topological polar surface area (TPSA) is 72.2 Å². The summed E-state index contributed by atoms with van der Waals surface area (Å²) in [6.07, 6.45) is 5.67. The first kappa shape index (κ1) is 14.1. The Labute approximate surface area is 116 Å². The molecule has 2 rings (SSSR count). The van der Waals surface area contributed by atoms with E-state index in [4.69, 9.17) is 5.73 Å². The molecule has 0 saturated heterocycles. The molecule has 0 spiro atoms. The van der Waals surface area contributed by atoms with Gasteiger partial charge in [0.1, 0.15) is 5.75 Å². The van der Waals surface area contributed by atoms with Gasteiger partial charge in [-0.1, -0.05) is 25.3 Å². The van der Waals surface area contributed by atoms with E-state index in [1.54, 1.807) is 24.3 Å². The molecule has 0 aliphatic heterocycles. The highest BCUT2D eigenvalue weighted by molar-refractivity contribution is 7.85. The molecule has 1 saturated carbocycles. The number of rotatable bonds is 4. The van der Waals surface area contributed by atoms with E-state index in [1.165, 1.54) is 19.3 Å². The molecule has 1 atom stereocenters. The maximum absolute atomic E-state index is 12.0. The Morgan fingerprint density at radius 2 is 2.05 bits per heavy atom. The molecule has 1 aromatic carbocycles. The third kappa shape index (κ3) is 4.35. The second-order valence-electron chi connectivity index (χ2n) is 4.96. The van der Waals surface area contributed by atoms with Crippen LogP contribution in [-0.4, -0.2) is 21.9 Å². The van der Waals surface area contributed by atoms with Crippen molar-refractivity contribution in [2.75, 3.05) is 11.5 Å². The van der Waals surface area contributed by atoms with E-state index in [-0.39, 0.29) is 17.7 Å². The van der Waals surface area contributed by atoms with Crippen LogP contribution in [-0.2, 0) is 15.6 Å². The molecule has 0 heterocycles. The molecule has 19 heavy (non-hydrogen) atoms. The van der Waals surface area contributed by atoms with Crippen molar-refractivity contribution in [1.29, 1.82) is 0 Å². The van der Waals surface area contributed by atoms with Gasteiger partial charge in [0.2, 0.25) is 5.91 Å². The summed E-state index contributed by atoms with van der Waals surface area (Å²) in [6.45, 7) is 0. The number of hydrogen-bond donors (Lipinski definition) is 2. The highest BCUT2D eigenvalue weighted by atomic mass is 32.2. The lowest BCUT2D eigenvalue weighted by Gasteiger charge is -2.22. The first-order valence-electron chi connectivity index (χ1n) is 6.68. The maximum atomic E-state index is 12.0. The summed E-state index contributed by atoms with van der Waals surface area (Å²) in [7, 11) is -1.32. The number of hydrogen-bond acceptors (Lipinski definition) is 3. The third-order valence-corrected chi connectivity index (χ3v) is 4.66. The Morgan fingerprint density at radius 1 is 1.32 bits per heavy atom. The van der Waals surface area contributed by atoms with Crippen LogP contribution in [0, 0.1) is 0 Å². The number of amides is 1. The van der Waals surface area contributed by atoms with Crippen LogP contribution < -0.4 is 11.1 Å². The summed E-state index contributed by atoms with van der Waals surface area (Å²) >= 11 is 0. The van der Waals surface area contributed by atoms with Gasteiger partial charge in [0, 0.05) is 16.6 Å². The van der Waals surface area contributed by atoms with Gasteiger partial charge in [0.25, 0.3) is 0 Å². The second kappa shape index (κ2) is 6.70. The zero-order valence-electron chi connectivity index (χ0n) is 10.9. The molecule has 1 amide bonds. The van der Waals surface area contributed by atoms with Gasteiger partial charge in [0.05, 0.1) is 10.8 Å².